The minimum Gasteiger partial charge on any atom is -0.332 e. The average Bonchev–Trinajstić information content (AvgIpc) is 2.36. The number of nitrogens with one attached hydrogen (secondary N) is 2. The Bertz CT molecular complexity index is 647. The van der Waals surface area contributed by atoms with E-state index in [1.807, 2.05) is 0 Å². The topological polar surface area (TPSA) is 24.1 Å². The molecular weight excluding hydrogens is 288 g/mol. The molecule has 0 bridgehead atoms. The lowest BCUT2D eigenvalue weighted by Gasteiger charge is -2.19. The normalized spacial score (nSPS) is 11.1. The fourth-order valence-corrected chi connectivity index (χ4v) is 2.63. The van der Waals surface area contributed by atoms with Crippen LogP contribution in [0, 0.1) is 13.8 Å². The molecule has 0 aliphatic rings. The van der Waals surface area contributed by atoms with E-state index in [-0.39, 0.29) is 5.41 Å². The summed E-state index contributed by atoms with van der Waals surface area (Å²) in [6, 6.07) is 14.7. The van der Waals surface area contributed by atoms with Crippen LogP contribution in [0.2, 0.25) is 0 Å². The molecule has 0 aliphatic carbocycles. The van der Waals surface area contributed by atoms with Crippen molar-refractivity contribution < 1.29 is 0 Å². The number of rotatable bonds is 2. The lowest BCUT2D eigenvalue weighted by Crippen LogP contribution is -2.19. The predicted octanol–water partition coefficient (Wildman–Crippen LogP) is 5.41. The van der Waals surface area contributed by atoms with Crippen LogP contribution in [0.1, 0.15) is 37.5 Å². The molecule has 2 nitrogen and oxygen atoms in total. The Labute approximate surface area is 139 Å². The number of hydrogen-bond acceptors (Lipinski definition) is 1. The molecule has 0 saturated heterocycles. The minimum atomic E-state index is 0.163. The fraction of sp³-hybridized carbons (Fsp3) is 0.316. The van der Waals surface area contributed by atoms with Crippen molar-refractivity contribution in [2.24, 2.45) is 0 Å². The average molecular weight is 312 g/mol. The Balaban J connectivity index is 2.03. The summed E-state index contributed by atoms with van der Waals surface area (Å²) >= 11 is 5.39. The number of benzene rings is 2. The Morgan fingerprint density at radius 3 is 1.82 bits per heavy atom. The van der Waals surface area contributed by atoms with Crippen molar-refractivity contribution in [2.75, 3.05) is 10.6 Å². The van der Waals surface area contributed by atoms with E-state index in [9.17, 15) is 0 Å². The van der Waals surface area contributed by atoms with Crippen LogP contribution in [0.25, 0.3) is 0 Å². The van der Waals surface area contributed by atoms with E-state index < -0.39 is 0 Å². The number of anilines is 2. The minimum absolute atomic E-state index is 0.163. The van der Waals surface area contributed by atoms with Gasteiger partial charge in [0, 0.05) is 11.4 Å². The van der Waals surface area contributed by atoms with Crippen LogP contribution in [0.3, 0.4) is 0 Å². The van der Waals surface area contributed by atoms with Crippen LogP contribution in [0.15, 0.2) is 42.5 Å². The highest BCUT2D eigenvalue weighted by atomic mass is 32.1. The number of thiocarbonyl (C=S) groups is 1. The Kier molecular flexibility index (Phi) is 4.87. The fourth-order valence-electron chi connectivity index (χ4n) is 2.39. The maximum absolute atomic E-state index is 5.39. The van der Waals surface area contributed by atoms with Gasteiger partial charge >= 0.3 is 0 Å². The monoisotopic (exact) mass is 312 g/mol. The zero-order valence-corrected chi connectivity index (χ0v) is 14.8. The van der Waals surface area contributed by atoms with Crippen molar-refractivity contribution in [3.63, 3.8) is 0 Å². The van der Waals surface area contributed by atoms with Gasteiger partial charge in [-0.2, -0.15) is 0 Å². The first-order valence-corrected chi connectivity index (χ1v) is 7.92. The van der Waals surface area contributed by atoms with Gasteiger partial charge in [-0.05, 0) is 72.4 Å². The van der Waals surface area contributed by atoms with Gasteiger partial charge in [0.1, 0.15) is 0 Å². The SMILES string of the molecule is Cc1cc(C)cc(NC(=S)Nc2ccc(C(C)(C)C)cc2)c1. The van der Waals surface area contributed by atoms with Crippen LogP contribution in [-0.2, 0) is 5.41 Å². The van der Waals surface area contributed by atoms with Crippen LogP contribution >= 0.6 is 12.2 Å². The second-order valence-electron chi connectivity index (χ2n) is 6.78. The van der Waals surface area contributed by atoms with Crippen molar-refractivity contribution >= 4 is 28.7 Å². The quantitative estimate of drug-likeness (QED) is 0.725. The smallest absolute Gasteiger partial charge is 0.175 e. The van der Waals surface area contributed by atoms with Gasteiger partial charge < -0.3 is 10.6 Å². The van der Waals surface area contributed by atoms with E-state index in [4.69, 9.17) is 12.2 Å². The van der Waals surface area contributed by atoms with E-state index in [0.29, 0.717) is 5.11 Å². The Morgan fingerprint density at radius 2 is 1.32 bits per heavy atom. The lowest BCUT2D eigenvalue weighted by atomic mass is 9.87. The van der Waals surface area contributed by atoms with Gasteiger partial charge in [-0.15, -0.1) is 0 Å². The first kappa shape index (κ1) is 16.5. The third kappa shape index (κ3) is 4.57. The molecule has 2 rings (SSSR count). The number of aryl methyl sites for hydroxylation is 2. The highest BCUT2D eigenvalue weighted by Gasteiger charge is 2.12. The summed E-state index contributed by atoms with van der Waals surface area (Å²) in [5.74, 6) is 0. The largest absolute Gasteiger partial charge is 0.332 e. The van der Waals surface area contributed by atoms with Gasteiger partial charge in [-0.1, -0.05) is 39.0 Å². The Morgan fingerprint density at radius 1 is 0.818 bits per heavy atom. The molecule has 22 heavy (non-hydrogen) atoms. The molecule has 2 aromatic carbocycles. The summed E-state index contributed by atoms with van der Waals surface area (Å²) in [6.45, 7) is 10.8. The molecule has 2 aromatic rings. The van der Waals surface area contributed by atoms with Gasteiger partial charge in [-0.3, -0.25) is 0 Å². The molecule has 0 saturated carbocycles. The third-order valence-corrected chi connectivity index (χ3v) is 3.69. The van der Waals surface area contributed by atoms with Crippen molar-refractivity contribution in [1.82, 2.24) is 0 Å². The summed E-state index contributed by atoms with van der Waals surface area (Å²) in [7, 11) is 0. The highest BCUT2D eigenvalue weighted by Crippen LogP contribution is 2.23. The molecule has 0 aromatic heterocycles. The zero-order valence-electron chi connectivity index (χ0n) is 13.9. The van der Waals surface area contributed by atoms with E-state index in [0.717, 1.165) is 11.4 Å². The summed E-state index contributed by atoms with van der Waals surface area (Å²) < 4.78 is 0. The molecule has 0 heterocycles. The number of hydrogen-bond donors (Lipinski definition) is 2. The van der Waals surface area contributed by atoms with Gasteiger partial charge in [0.2, 0.25) is 0 Å². The van der Waals surface area contributed by atoms with Gasteiger partial charge in [-0.25, -0.2) is 0 Å². The first-order chi connectivity index (χ1) is 10.2. The zero-order chi connectivity index (χ0) is 16.3. The first-order valence-electron chi connectivity index (χ1n) is 7.51. The molecule has 0 aliphatic heterocycles. The van der Waals surface area contributed by atoms with Crippen molar-refractivity contribution in [3.8, 4) is 0 Å². The summed E-state index contributed by atoms with van der Waals surface area (Å²) in [4.78, 5) is 0. The van der Waals surface area contributed by atoms with Gasteiger partial charge in [0.05, 0.1) is 0 Å². The molecule has 0 fully saturated rings. The third-order valence-electron chi connectivity index (χ3n) is 3.49. The highest BCUT2D eigenvalue weighted by molar-refractivity contribution is 7.80. The van der Waals surface area contributed by atoms with Crippen molar-refractivity contribution in [2.45, 2.75) is 40.0 Å². The summed E-state index contributed by atoms with van der Waals surface area (Å²) in [5.41, 5.74) is 5.93. The lowest BCUT2D eigenvalue weighted by molar-refractivity contribution is 0.590. The van der Waals surface area contributed by atoms with E-state index >= 15 is 0 Å². The van der Waals surface area contributed by atoms with Crippen molar-refractivity contribution in [1.29, 1.82) is 0 Å². The van der Waals surface area contributed by atoms with Crippen LogP contribution in [0.5, 0.6) is 0 Å². The van der Waals surface area contributed by atoms with Crippen LogP contribution in [0.4, 0.5) is 11.4 Å². The standard InChI is InChI=1S/C19H24N2S/c1-13-10-14(2)12-17(11-13)21-18(22)20-16-8-6-15(7-9-16)19(3,4)5/h6-12H,1-5H3,(H2,20,21,22). The Hall–Kier alpha value is -1.87. The van der Waals surface area contributed by atoms with Gasteiger partial charge in [0.25, 0.3) is 0 Å². The molecule has 3 heteroatoms. The molecule has 0 spiro atoms. The molecular formula is C19H24N2S. The second-order valence-corrected chi connectivity index (χ2v) is 7.19. The predicted molar refractivity (Wildman–Crippen MR) is 101 cm³/mol. The maximum atomic E-state index is 5.39. The molecule has 0 radical (unpaired) electrons. The van der Waals surface area contributed by atoms with Crippen LogP contribution in [-0.4, -0.2) is 5.11 Å². The molecule has 0 unspecified atom stereocenters. The van der Waals surface area contributed by atoms with E-state index in [2.05, 4.69) is 87.7 Å². The molecule has 0 atom stereocenters. The molecule has 2 N–H and O–H groups in total. The van der Waals surface area contributed by atoms with Crippen molar-refractivity contribution in [3.05, 3.63) is 59.2 Å². The summed E-state index contributed by atoms with van der Waals surface area (Å²) in [5, 5.41) is 7.07. The maximum Gasteiger partial charge on any atom is 0.175 e. The van der Waals surface area contributed by atoms with E-state index in [1.54, 1.807) is 0 Å². The van der Waals surface area contributed by atoms with Gasteiger partial charge in [0.15, 0.2) is 5.11 Å². The summed E-state index contributed by atoms with van der Waals surface area (Å²) in [6.07, 6.45) is 0. The van der Waals surface area contributed by atoms with Crippen LogP contribution < -0.4 is 10.6 Å². The molecule has 0 amide bonds. The van der Waals surface area contributed by atoms with E-state index in [1.165, 1.54) is 16.7 Å². The second kappa shape index (κ2) is 6.49. The molecule has 116 valence electrons.